The van der Waals surface area contributed by atoms with Crippen LogP contribution in [-0.4, -0.2) is 68.9 Å². The molecule has 112 valence electrons. The summed E-state index contributed by atoms with van der Waals surface area (Å²) in [6.45, 7) is 13.0. The standard InChI is InChI=1S/C12H25NO4P2/c1-7-16-11(14)13(12(15)17-8-2)9-10(18(3)4)19(5)6/h10H,7-9H2,1-6H3. The highest BCUT2D eigenvalue weighted by Gasteiger charge is 2.29. The summed E-state index contributed by atoms with van der Waals surface area (Å²) in [6.07, 6.45) is -1.22. The first kappa shape index (κ1) is 18.6. The minimum Gasteiger partial charge on any atom is -0.449 e. The zero-order valence-electron chi connectivity index (χ0n) is 12.7. The van der Waals surface area contributed by atoms with Crippen LogP contribution >= 0.6 is 15.8 Å². The van der Waals surface area contributed by atoms with Crippen LogP contribution in [0.15, 0.2) is 0 Å². The monoisotopic (exact) mass is 309 g/mol. The molecule has 0 saturated carbocycles. The van der Waals surface area contributed by atoms with E-state index in [4.69, 9.17) is 9.47 Å². The summed E-state index contributed by atoms with van der Waals surface area (Å²) in [5, 5.41) is 0.346. The first-order valence-electron chi connectivity index (χ1n) is 6.29. The van der Waals surface area contributed by atoms with Crippen molar-refractivity contribution in [1.82, 2.24) is 4.90 Å². The molecular formula is C12H25NO4P2. The Labute approximate surface area is 118 Å². The molecule has 2 amide bonds. The topological polar surface area (TPSA) is 55.8 Å². The lowest BCUT2D eigenvalue weighted by Gasteiger charge is -2.30. The van der Waals surface area contributed by atoms with E-state index in [1.165, 1.54) is 0 Å². The molecule has 0 unspecified atom stereocenters. The van der Waals surface area contributed by atoms with Gasteiger partial charge in [-0.25, -0.2) is 14.5 Å². The van der Waals surface area contributed by atoms with Crippen molar-refractivity contribution in [3.8, 4) is 0 Å². The number of hydrogen-bond donors (Lipinski definition) is 0. The maximum absolute atomic E-state index is 11.9. The van der Waals surface area contributed by atoms with Gasteiger partial charge in [-0.15, -0.1) is 15.8 Å². The van der Waals surface area contributed by atoms with Gasteiger partial charge >= 0.3 is 12.2 Å². The number of hydrogen-bond acceptors (Lipinski definition) is 4. The van der Waals surface area contributed by atoms with E-state index in [9.17, 15) is 9.59 Å². The Hall–Kier alpha value is -0.400. The Morgan fingerprint density at radius 2 is 1.32 bits per heavy atom. The Bertz CT molecular complexity index is 271. The van der Waals surface area contributed by atoms with Gasteiger partial charge in [0.25, 0.3) is 0 Å². The van der Waals surface area contributed by atoms with E-state index in [1.54, 1.807) is 13.8 Å². The Kier molecular flexibility index (Phi) is 9.30. The zero-order valence-corrected chi connectivity index (χ0v) is 14.5. The highest BCUT2D eigenvalue weighted by molar-refractivity contribution is 7.74. The molecule has 0 rings (SSSR count). The molecule has 0 heterocycles. The molecule has 0 spiro atoms. The maximum atomic E-state index is 11.9. The third-order valence-corrected chi connectivity index (χ3v) is 8.00. The van der Waals surface area contributed by atoms with Gasteiger partial charge in [-0.3, -0.25) is 0 Å². The molecule has 0 aliphatic heterocycles. The van der Waals surface area contributed by atoms with E-state index in [1.807, 2.05) is 0 Å². The van der Waals surface area contributed by atoms with Crippen LogP contribution in [0.3, 0.4) is 0 Å². The number of nitrogens with zero attached hydrogens (tertiary/aromatic N) is 1. The molecular weight excluding hydrogens is 284 g/mol. The predicted octanol–water partition coefficient (Wildman–Crippen LogP) is 3.41. The van der Waals surface area contributed by atoms with Crippen molar-refractivity contribution in [1.29, 1.82) is 0 Å². The second kappa shape index (κ2) is 9.50. The van der Waals surface area contributed by atoms with Crippen molar-refractivity contribution in [3.05, 3.63) is 0 Å². The molecule has 0 N–H and O–H groups in total. The fourth-order valence-electron chi connectivity index (χ4n) is 1.58. The first-order chi connectivity index (χ1) is 8.84. The highest BCUT2D eigenvalue weighted by atomic mass is 31.2. The lowest BCUT2D eigenvalue weighted by molar-refractivity contribution is 0.0828. The molecule has 0 aromatic heterocycles. The smallest absolute Gasteiger partial charge is 0.419 e. The van der Waals surface area contributed by atoms with Crippen molar-refractivity contribution in [3.63, 3.8) is 0 Å². The van der Waals surface area contributed by atoms with Crippen molar-refractivity contribution in [2.24, 2.45) is 0 Å². The molecule has 0 aliphatic carbocycles. The summed E-state index contributed by atoms with van der Waals surface area (Å²) in [7, 11) is -0.465. The van der Waals surface area contributed by atoms with Gasteiger partial charge < -0.3 is 9.47 Å². The lowest BCUT2D eigenvalue weighted by atomic mass is 10.6. The van der Waals surface area contributed by atoms with Crippen molar-refractivity contribution in [2.45, 2.75) is 19.2 Å². The van der Waals surface area contributed by atoms with Crippen LogP contribution in [0.5, 0.6) is 0 Å². The number of ether oxygens (including phenoxy) is 2. The van der Waals surface area contributed by atoms with Crippen LogP contribution in [0.2, 0.25) is 0 Å². The average molecular weight is 309 g/mol. The summed E-state index contributed by atoms with van der Waals surface area (Å²) in [5.74, 6) is 0. The quantitative estimate of drug-likeness (QED) is 0.706. The highest BCUT2D eigenvalue weighted by Crippen LogP contribution is 2.50. The molecule has 0 fully saturated rings. The summed E-state index contributed by atoms with van der Waals surface area (Å²) in [4.78, 5) is 24.8. The van der Waals surface area contributed by atoms with Gasteiger partial charge in [0.15, 0.2) is 0 Å². The van der Waals surface area contributed by atoms with Gasteiger partial charge in [-0.2, -0.15) is 0 Å². The van der Waals surface area contributed by atoms with Crippen molar-refractivity contribution >= 4 is 28.0 Å². The Morgan fingerprint density at radius 1 is 0.947 bits per heavy atom. The summed E-state index contributed by atoms with van der Waals surface area (Å²) in [6, 6.07) is 0. The predicted molar refractivity (Wildman–Crippen MR) is 82.1 cm³/mol. The molecule has 0 aromatic rings. The normalized spacial score (nSPS) is 11.0. The average Bonchev–Trinajstić information content (AvgIpc) is 2.29. The summed E-state index contributed by atoms with van der Waals surface area (Å²) in [5.41, 5.74) is 0. The minimum atomic E-state index is -0.611. The first-order valence-corrected chi connectivity index (χ1v) is 10.9. The molecule has 19 heavy (non-hydrogen) atoms. The van der Waals surface area contributed by atoms with Crippen LogP contribution in [0.4, 0.5) is 9.59 Å². The van der Waals surface area contributed by atoms with E-state index in [0.717, 1.165) is 4.90 Å². The van der Waals surface area contributed by atoms with Crippen LogP contribution in [-0.2, 0) is 9.47 Å². The van der Waals surface area contributed by atoms with Crippen molar-refractivity contribution in [2.75, 3.05) is 46.4 Å². The minimum absolute atomic E-state index is 0.232. The van der Waals surface area contributed by atoms with Gasteiger partial charge in [0, 0.05) is 11.9 Å². The second-order valence-corrected chi connectivity index (χ2v) is 9.92. The molecule has 0 saturated heterocycles. The third-order valence-electron chi connectivity index (χ3n) is 2.51. The lowest BCUT2D eigenvalue weighted by Crippen LogP contribution is -2.41. The van der Waals surface area contributed by atoms with E-state index in [2.05, 4.69) is 26.7 Å². The van der Waals surface area contributed by atoms with E-state index < -0.39 is 12.2 Å². The molecule has 0 aromatic carbocycles. The molecule has 5 nitrogen and oxygen atoms in total. The van der Waals surface area contributed by atoms with Crippen LogP contribution in [0.25, 0.3) is 0 Å². The van der Waals surface area contributed by atoms with Gasteiger partial charge in [0.2, 0.25) is 0 Å². The second-order valence-electron chi connectivity index (χ2n) is 4.42. The van der Waals surface area contributed by atoms with Crippen LogP contribution in [0.1, 0.15) is 13.8 Å². The van der Waals surface area contributed by atoms with E-state index in [-0.39, 0.29) is 29.1 Å². The van der Waals surface area contributed by atoms with Crippen LogP contribution in [0, 0.1) is 0 Å². The maximum Gasteiger partial charge on any atom is 0.419 e. The number of carbonyl (C=O) groups is 2. The Morgan fingerprint density at radius 3 is 1.58 bits per heavy atom. The largest absolute Gasteiger partial charge is 0.449 e. The fourth-order valence-corrected chi connectivity index (χ4v) is 6.25. The van der Waals surface area contributed by atoms with Gasteiger partial charge in [-0.1, -0.05) is 0 Å². The Balaban J connectivity index is 4.92. The number of imide groups is 1. The van der Waals surface area contributed by atoms with Crippen LogP contribution < -0.4 is 0 Å². The van der Waals surface area contributed by atoms with Gasteiger partial charge in [-0.05, 0) is 40.5 Å². The summed E-state index contributed by atoms with van der Waals surface area (Å²) >= 11 is 0. The number of rotatable bonds is 6. The number of carbonyl (C=O) groups excluding carboxylic acids is 2. The molecule has 0 atom stereocenters. The molecule has 0 aliphatic rings. The van der Waals surface area contributed by atoms with Crippen molar-refractivity contribution < 1.29 is 19.1 Å². The SMILES string of the molecule is CCOC(=O)N(CC(P(C)C)P(C)C)C(=O)OCC. The van der Waals surface area contributed by atoms with E-state index in [0.29, 0.717) is 11.9 Å². The molecule has 0 radical (unpaired) electrons. The number of amides is 2. The van der Waals surface area contributed by atoms with E-state index >= 15 is 0 Å². The fraction of sp³-hybridized carbons (Fsp3) is 0.833. The van der Waals surface area contributed by atoms with Gasteiger partial charge in [0.1, 0.15) is 0 Å². The third kappa shape index (κ3) is 6.54. The zero-order chi connectivity index (χ0) is 15.0. The van der Waals surface area contributed by atoms with Gasteiger partial charge in [0.05, 0.1) is 13.2 Å². The molecule has 0 bridgehead atoms. The molecule has 7 heteroatoms. The summed E-state index contributed by atoms with van der Waals surface area (Å²) < 4.78 is 9.86.